The minimum atomic E-state index is 0.165. The minimum Gasteiger partial charge on any atom is -0.453 e. The molecule has 0 aliphatic carbocycles. The van der Waals surface area contributed by atoms with Crippen LogP contribution in [0.5, 0.6) is 11.5 Å². The van der Waals surface area contributed by atoms with Crippen molar-refractivity contribution < 1.29 is 9.47 Å². The van der Waals surface area contributed by atoms with Gasteiger partial charge in [-0.05, 0) is 41.5 Å². The van der Waals surface area contributed by atoms with Crippen LogP contribution < -0.4 is 9.47 Å². The first-order valence-electron chi connectivity index (χ1n) is 9.85. The number of halogens is 2. The molecule has 150 valence electrons. The van der Waals surface area contributed by atoms with Gasteiger partial charge in [-0.3, -0.25) is 4.98 Å². The molecule has 0 radical (unpaired) electrons. The number of ether oxygens (including phenoxy) is 2. The van der Waals surface area contributed by atoms with Crippen LogP contribution in [0.3, 0.4) is 0 Å². The molecule has 0 unspecified atom stereocenters. The maximum Gasteiger partial charge on any atom is 0.231 e. The summed E-state index contributed by atoms with van der Waals surface area (Å²) in [4.78, 5) is 4.74. The highest BCUT2D eigenvalue weighted by Gasteiger charge is 2.29. The van der Waals surface area contributed by atoms with E-state index in [-0.39, 0.29) is 6.79 Å². The van der Waals surface area contributed by atoms with Crippen molar-refractivity contribution in [1.29, 1.82) is 0 Å². The zero-order chi connectivity index (χ0) is 20.9. The highest BCUT2D eigenvalue weighted by atomic mass is 35.5. The molecule has 0 amide bonds. The predicted molar refractivity (Wildman–Crippen MR) is 126 cm³/mol. The molecule has 4 aromatic carbocycles. The van der Waals surface area contributed by atoms with E-state index in [0.717, 1.165) is 55.4 Å². The molecule has 0 N–H and O–H groups in total. The molecular formula is C26H15Cl2NO2. The first kappa shape index (κ1) is 18.5. The Bertz CT molecular complexity index is 1460. The van der Waals surface area contributed by atoms with Crippen LogP contribution in [0.15, 0.2) is 79.0 Å². The second-order valence-corrected chi connectivity index (χ2v) is 8.27. The Kier molecular flexibility index (Phi) is 4.27. The van der Waals surface area contributed by atoms with Gasteiger partial charge in [0, 0.05) is 43.5 Å². The quantitative estimate of drug-likeness (QED) is 0.261. The number of para-hydroxylation sites is 1. The van der Waals surface area contributed by atoms with Crippen LogP contribution in [0.1, 0.15) is 0 Å². The minimum absolute atomic E-state index is 0.165. The van der Waals surface area contributed by atoms with Gasteiger partial charge < -0.3 is 9.47 Å². The van der Waals surface area contributed by atoms with Crippen molar-refractivity contribution in [2.24, 2.45) is 0 Å². The van der Waals surface area contributed by atoms with Gasteiger partial charge in [0.05, 0.1) is 5.52 Å². The molecular weight excluding hydrogens is 429 g/mol. The zero-order valence-electron chi connectivity index (χ0n) is 16.2. The van der Waals surface area contributed by atoms with Gasteiger partial charge in [0.15, 0.2) is 11.5 Å². The van der Waals surface area contributed by atoms with Crippen molar-refractivity contribution in [3.63, 3.8) is 0 Å². The molecule has 0 saturated carbocycles. The standard InChI is InChI=1S/C26H15Cl2NO2/c27-17-9-5-15(6-10-17)22-20-13-29-21-4-2-1-3-19(21)24(20)23(26-25(22)30-14-31-26)16-7-11-18(28)12-8-16/h1-13H,14H2. The molecule has 0 saturated heterocycles. The molecule has 0 bridgehead atoms. The summed E-state index contributed by atoms with van der Waals surface area (Å²) < 4.78 is 12.1. The fourth-order valence-electron chi connectivity index (χ4n) is 4.28. The van der Waals surface area contributed by atoms with Crippen molar-refractivity contribution in [2.75, 3.05) is 6.79 Å². The molecule has 1 aromatic heterocycles. The summed E-state index contributed by atoms with van der Waals surface area (Å²) in [7, 11) is 0. The smallest absolute Gasteiger partial charge is 0.231 e. The highest BCUT2D eigenvalue weighted by Crippen LogP contribution is 2.54. The third-order valence-corrected chi connectivity index (χ3v) is 6.13. The van der Waals surface area contributed by atoms with Gasteiger partial charge in [-0.15, -0.1) is 0 Å². The largest absolute Gasteiger partial charge is 0.453 e. The van der Waals surface area contributed by atoms with E-state index in [1.165, 1.54) is 0 Å². The molecule has 0 spiro atoms. The van der Waals surface area contributed by atoms with Gasteiger partial charge >= 0.3 is 0 Å². The number of aromatic nitrogens is 1. The van der Waals surface area contributed by atoms with E-state index in [1.54, 1.807) is 0 Å². The van der Waals surface area contributed by atoms with Crippen LogP contribution in [-0.4, -0.2) is 11.8 Å². The lowest BCUT2D eigenvalue weighted by molar-refractivity contribution is 0.174. The molecule has 0 fully saturated rings. The number of hydrogen-bond donors (Lipinski definition) is 0. The summed E-state index contributed by atoms with van der Waals surface area (Å²) >= 11 is 12.3. The van der Waals surface area contributed by atoms with Crippen molar-refractivity contribution in [2.45, 2.75) is 0 Å². The highest BCUT2D eigenvalue weighted by molar-refractivity contribution is 6.31. The normalized spacial score (nSPS) is 12.6. The lowest BCUT2D eigenvalue weighted by Crippen LogP contribution is -1.94. The average Bonchev–Trinajstić information content (AvgIpc) is 3.28. The summed E-state index contributed by atoms with van der Waals surface area (Å²) in [6.07, 6.45) is 1.92. The van der Waals surface area contributed by atoms with Gasteiger partial charge in [0.1, 0.15) is 0 Å². The third kappa shape index (κ3) is 2.93. The van der Waals surface area contributed by atoms with E-state index in [4.69, 9.17) is 37.7 Å². The fraction of sp³-hybridized carbons (Fsp3) is 0.0385. The number of pyridine rings is 1. The number of benzene rings is 4. The summed E-state index contributed by atoms with van der Waals surface area (Å²) in [5, 5.41) is 4.49. The van der Waals surface area contributed by atoms with E-state index in [9.17, 15) is 0 Å². The number of nitrogens with zero attached hydrogens (tertiary/aromatic N) is 1. The molecule has 3 nitrogen and oxygen atoms in total. The Morgan fingerprint density at radius 2 is 1.23 bits per heavy atom. The zero-order valence-corrected chi connectivity index (χ0v) is 17.7. The first-order valence-corrected chi connectivity index (χ1v) is 10.6. The molecule has 6 rings (SSSR count). The molecule has 1 aliphatic heterocycles. The van der Waals surface area contributed by atoms with Gasteiger partial charge in [0.25, 0.3) is 0 Å². The Labute approximate surface area is 188 Å². The van der Waals surface area contributed by atoms with E-state index in [1.807, 2.05) is 72.9 Å². The van der Waals surface area contributed by atoms with Crippen molar-refractivity contribution in [1.82, 2.24) is 4.98 Å². The maximum atomic E-state index is 6.17. The van der Waals surface area contributed by atoms with Crippen LogP contribution in [0.25, 0.3) is 43.9 Å². The van der Waals surface area contributed by atoms with Gasteiger partial charge in [-0.2, -0.15) is 0 Å². The van der Waals surface area contributed by atoms with E-state index in [0.29, 0.717) is 10.0 Å². The van der Waals surface area contributed by atoms with Crippen molar-refractivity contribution in [3.8, 4) is 33.8 Å². The van der Waals surface area contributed by atoms with Gasteiger partial charge in [-0.25, -0.2) is 0 Å². The van der Waals surface area contributed by atoms with Gasteiger partial charge in [-0.1, -0.05) is 65.7 Å². The molecule has 0 atom stereocenters. The third-order valence-electron chi connectivity index (χ3n) is 5.63. The van der Waals surface area contributed by atoms with Crippen LogP contribution in [0.2, 0.25) is 10.0 Å². The van der Waals surface area contributed by atoms with Crippen molar-refractivity contribution >= 4 is 44.9 Å². The topological polar surface area (TPSA) is 31.4 Å². The second-order valence-electron chi connectivity index (χ2n) is 7.39. The Hall–Kier alpha value is -3.27. The van der Waals surface area contributed by atoms with Crippen LogP contribution in [0.4, 0.5) is 0 Å². The van der Waals surface area contributed by atoms with Crippen LogP contribution in [0, 0.1) is 0 Å². The average molecular weight is 444 g/mol. The Morgan fingerprint density at radius 1 is 0.645 bits per heavy atom. The van der Waals surface area contributed by atoms with E-state index >= 15 is 0 Å². The number of fused-ring (bicyclic) bond motifs is 4. The molecule has 1 aliphatic rings. The first-order chi connectivity index (χ1) is 15.2. The summed E-state index contributed by atoms with van der Waals surface area (Å²) in [5.41, 5.74) is 4.86. The van der Waals surface area contributed by atoms with Gasteiger partial charge in [0.2, 0.25) is 6.79 Å². The van der Waals surface area contributed by atoms with Crippen LogP contribution >= 0.6 is 23.2 Å². The van der Waals surface area contributed by atoms with E-state index in [2.05, 4.69) is 6.07 Å². The Morgan fingerprint density at radius 3 is 1.90 bits per heavy atom. The molecule has 31 heavy (non-hydrogen) atoms. The number of rotatable bonds is 2. The summed E-state index contributed by atoms with van der Waals surface area (Å²) in [5.74, 6) is 1.45. The number of hydrogen-bond acceptors (Lipinski definition) is 3. The van der Waals surface area contributed by atoms with Crippen molar-refractivity contribution in [3.05, 3.63) is 89.0 Å². The lowest BCUT2D eigenvalue weighted by atomic mass is 9.89. The second kappa shape index (κ2) is 7.16. The SMILES string of the molecule is Clc1ccc(-c2c3c(c(-c4ccc(Cl)cc4)c4c2cnc2ccccc24)OCO3)cc1. The molecule has 5 aromatic rings. The predicted octanol–water partition coefficient (Wildman–Crippen LogP) is 7.76. The molecule has 2 heterocycles. The summed E-state index contributed by atoms with van der Waals surface area (Å²) in [6, 6.07) is 23.7. The fourth-order valence-corrected chi connectivity index (χ4v) is 4.53. The summed E-state index contributed by atoms with van der Waals surface area (Å²) in [6.45, 7) is 0.165. The molecule has 5 heteroatoms. The lowest BCUT2D eigenvalue weighted by Gasteiger charge is -2.17. The Balaban J connectivity index is 1.82. The van der Waals surface area contributed by atoms with E-state index < -0.39 is 0 Å². The maximum absolute atomic E-state index is 6.17. The van der Waals surface area contributed by atoms with Crippen LogP contribution in [-0.2, 0) is 0 Å². The monoisotopic (exact) mass is 443 g/mol.